The highest BCUT2D eigenvalue weighted by Crippen LogP contribution is 2.23. The van der Waals surface area contributed by atoms with Crippen LogP contribution in [0.25, 0.3) is 0 Å². The van der Waals surface area contributed by atoms with Gasteiger partial charge in [-0.05, 0) is 63.8 Å². The third-order valence-corrected chi connectivity index (χ3v) is 6.34. The summed E-state index contributed by atoms with van der Waals surface area (Å²) in [5.74, 6) is 0.610. The summed E-state index contributed by atoms with van der Waals surface area (Å²) in [6, 6.07) is -0.342. The molecule has 0 bridgehead atoms. The van der Waals surface area contributed by atoms with Crippen molar-refractivity contribution in [1.82, 2.24) is 20.4 Å². The summed E-state index contributed by atoms with van der Waals surface area (Å²) >= 11 is 0. The molecule has 0 aromatic rings. The van der Waals surface area contributed by atoms with Gasteiger partial charge in [-0.25, -0.2) is 0 Å². The minimum absolute atomic E-state index is 0.0540. The molecule has 7 nitrogen and oxygen atoms in total. The molecule has 0 aromatic carbocycles. The minimum Gasteiger partial charge on any atom is -0.354 e. The largest absolute Gasteiger partial charge is 0.354 e. The van der Waals surface area contributed by atoms with Gasteiger partial charge < -0.3 is 20.4 Å². The van der Waals surface area contributed by atoms with Crippen LogP contribution in [0.3, 0.4) is 0 Å². The molecule has 2 N–H and O–H groups in total. The molecule has 3 saturated heterocycles. The predicted molar refractivity (Wildman–Crippen MR) is 108 cm³/mol. The zero-order valence-electron chi connectivity index (χ0n) is 17.3. The SMILES string of the molecule is CCCC(=O)N1CCCCC1C(=O)N1CCCC(CNC(=O)C2CCCN2)C1. The first-order chi connectivity index (χ1) is 13.6. The average Bonchev–Trinajstić information content (AvgIpc) is 3.27. The quantitative estimate of drug-likeness (QED) is 0.713. The van der Waals surface area contributed by atoms with Crippen molar-refractivity contribution in [3.8, 4) is 0 Å². The van der Waals surface area contributed by atoms with E-state index in [-0.39, 0.29) is 29.8 Å². The Morgan fingerprint density at radius 2 is 1.89 bits per heavy atom. The van der Waals surface area contributed by atoms with E-state index in [1.165, 1.54) is 0 Å². The number of hydrogen-bond donors (Lipinski definition) is 2. The zero-order valence-corrected chi connectivity index (χ0v) is 17.3. The molecule has 3 atom stereocenters. The first-order valence-corrected chi connectivity index (χ1v) is 11.2. The topological polar surface area (TPSA) is 81.8 Å². The van der Waals surface area contributed by atoms with Gasteiger partial charge in [0, 0.05) is 32.6 Å². The lowest BCUT2D eigenvalue weighted by molar-refractivity contribution is -0.148. The normalized spacial score (nSPS) is 28.2. The van der Waals surface area contributed by atoms with Gasteiger partial charge in [-0.2, -0.15) is 0 Å². The number of likely N-dealkylation sites (tertiary alicyclic amines) is 2. The third-order valence-electron chi connectivity index (χ3n) is 6.34. The van der Waals surface area contributed by atoms with Gasteiger partial charge in [0.1, 0.15) is 6.04 Å². The lowest BCUT2D eigenvalue weighted by atomic mass is 9.95. The number of rotatable bonds is 6. The van der Waals surface area contributed by atoms with Crippen LogP contribution in [0.4, 0.5) is 0 Å². The molecule has 0 radical (unpaired) electrons. The van der Waals surface area contributed by atoms with E-state index < -0.39 is 0 Å². The van der Waals surface area contributed by atoms with Gasteiger partial charge in [-0.1, -0.05) is 6.92 Å². The maximum atomic E-state index is 13.2. The number of carbonyl (C=O) groups excluding carboxylic acids is 3. The molecule has 158 valence electrons. The van der Waals surface area contributed by atoms with Crippen molar-refractivity contribution in [2.24, 2.45) is 5.92 Å². The number of carbonyl (C=O) groups is 3. The third kappa shape index (κ3) is 5.25. The molecule has 3 fully saturated rings. The van der Waals surface area contributed by atoms with Crippen molar-refractivity contribution in [3.05, 3.63) is 0 Å². The van der Waals surface area contributed by atoms with Gasteiger partial charge in [0.15, 0.2) is 0 Å². The molecule has 28 heavy (non-hydrogen) atoms. The first-order valence-electron chi connectivity index (χ1n) is 11.2. The fraction of sp³-hybridized carbons (Fsp3) is 0.857. The number of nitrogens with zero attached hydrogens (tertiary/aromatic N) is 2. The molecule has 3 rings (SSSR count). The fourth-order valence-corrected chi connectivity index (χ4v) is 4.76. The van der Waals surface area contributed by atoms with E-state index in [9.17, 15) is 14.4 Å². The molecule has 0 aliphatic carbocycles. The van der Waals surface area contributed by atoms with Crippen molar-refractivity contribution in [1.29, 1.82) is 0 Å². The highest BCUT2D eigenvalue weighted by Gasteiger charge is 2.36. The lowest BCUT2D eigenvalue weighted by Gasteiger charge is -2.40. The fourth-order valence-electron chi connectivity index (χ4n) is 4.76. The van der Waals surface area contributed by atoms with Gasteiger partial charge in [0.25, 0.3) is 0 Å². The van der Waals surface area contributed by atoms with Crippen LogP contribution in [0.5, 0.6) is 0 Å². The van der Waals surface area contributed by atoms with Crippen LogP contribution in [0.15, 0.2) is 0 Å². The highest BCUT2D eigenvalue weighted by molar-refractivity contribution is 5.88. The maximum absolute atomic E-state index is 13.2. The van der Waals surface area contributed by atoms with Crippen LogP contribution < -0.4 is 10.6 Å². The Kier molecular flexibility index (Phi) is 7.71. The Labute approximate surface area is 168 Å². The van der Waals surface area contributed by atoms with E-state index in [0.717, 1.165) is 64.5 Å². The van der Waals surface area contributed by atoms with Crippen molar-refractivity contribution < 1.29 is 14.4 Å². The molecule has 3 aliphatic rings. The highest BCUT2D eigenvalue weighted by atomic mass is 16.2. The molecular formula is C21H36N4O3. The van der Waals surface area contributed by atoms with Crippen molar-refractivity contribution in [2.75, 3.05) is 32.7 Å². The lowest BCUT2D eigenvalue weighted by Crippen LogP contribution is -2.55. The van der Waals surface area contributed by atoms with Crippen LogP contribution in [0, 0.1) is 5.92 Å². The summed E-state index contributed by atoms with van der Waals surface area (Å²) in [6.45, 7) is 5.70. The number of piperidine rings is 2. The second kappa shape index (κ2) is 10.2. The second-order valence-electron chi connectivity index (χ2n) is 8.54. The maximum Gasteiger partial charge on any atom is 0.245 e. The molecular weight excluding hydrogens is 356 g/mol. The van der Waals surface area contributed by atoms with Gasteiger partial charge in [0.2, 0.25) is 17.7 Å². The molecule has 0 saturated carbocycles. The molecule has 3 unspecified atom stereocenters. The van der Waals surface area contributed by atoms with Crippen LogP contribution in [0.1, 0.15) is 64.7 Å². The molecule has 3 heterocycles. The molecule has 7 heteroatoms. The number of hydrogen-bond acceptors (Lipinski definition) is 4. The summed E-state index contributed by atoms with van der Waals surface area (Å²) in [5, 5.41) is 6.30. The van der Waals surface area contributed by atoms with E-state index >= 15 is 0 Å². The molecule has 3 amide bonds. The van der Waals surface area contributed by atoms with Crippen LogP contribution in [-0.2, 0) is 14.4 Å². The molecule has 0 aromatic heterocycles. The summed E-state index contributed by atoms with van der Waals surface area (Å²) < 4.78 is 0. The monoisotopic (exact) mass is 392 g/mol. The second-order valence-corrected chi connectivity index (χ2v) is 8.54. The van der Waals surface area contributed by atoms with Crippen LogP contribution >= 0.6 is 0 Å². The van der Waals surface area contributed by atoms with E-state index in [0.29, 0.717) is 32.0 Å². The Hall–Kier alpha value is -1.63. The van der Waals surface area contributed by atoms with Crippen molar-refractivity contribution >= 4 is 17.7 Å². The first kappa shape index (κ1) is 21.1. The van der Waals surface area contributed by atoms with Crippen molar-refractivity contribution in [2.45, 2.75) is 76.8 Å². The summed E-state index contributed by atoms with van der Waals surface area (Å²) in [5.41, 5.74) is 0. The average molecular weight is 393 g/mol. The van der Waals surface area contributed by atoms with E-state index in [4.69, 9.17) is 0 Å². The zero-order chi connectivity index (χ0) is 19.9. The van der Waals surface area contributed by atoms with Crippen LogP contribution in [0.2, 0.25) is 0 Å². The molecule has 3 aliphatic heterocycles. The van der Waals surface area contributed by atoms with E-state index in [1.54, 1.807) is 0 Å². The van der Waals surface area contributed by atoms with Gasteiger partial charge in [-0.3, -0.25) is 14.4 Å². The Morgan fingerprint density at radius 3 is 2.64 bits per heavy atom. The van der Waals surface area contributed by atoms with E-state index in [1.807, 2.05) is 16.7 Å². The Bertz CT molecular complexity index is 562. The van der Waals surface area contributed by atoms with Gasteiger partial charge in [-0.15, -0.1) is 0 Å². The minimum atomic E-state index is -0.288. The Morgan fingerprint density at radius 1 is 1.04 bits per heavy atom. The van der Waals surface area contributed by atoms with Gasteiger partial charge >= 0.3 is 0 Å². The smallest absolute Gasteiger partial charge is 0.245 e. The Balaban J connectivity index is 1.52. The number of amides is 3. The predicted octanol–water partition coefficient (Wildman–Crippen LogP) is 1.27. The number of nitrogens with one attached hydrogen (secondary N) is 2. The van der Waals surface area contributed by atoms with E-state index in [2.05, 4.69) is 10.6 Å². The molecule has 0 spiro atoms. The summed E-state index contributed by atoms with van der Waals surface area (Å²) in [7, 11) is 0. The summed E-state index contributed by atoms with van der Waals surface area (Å²) in [4.78, 5) is 41.7. The van der Waals surface area contributed by atoms with Crippen LogP contribution in [-0.4, -0.2) is 72.3 Å². The van der Waals surface area contributed by atoms with Crippen molar-refractivity contribution in [3.63, 3.8) is 0 Å². The summed E-state index contributed by atoms with van der Waals surface area (Å²) in [6.07, 6.45) is 8.07. The van der Waals surface area contributed by atoms with Gasteiger partial charge in [0.05, 0.1) is 6.04 Å². The standard InChI is InChI=1S/C21H36N4O3/c1-2-7-19(26)25-13-4-3-10-18(25)21(28)24-12-6-8-16(15-24)14-23-20(27)17-9-5-11-22-17/h16-18,22H,2-15H2,1H3,(H,23,27).